The van der Waals surface area contributed by atoms with Crippen LogP contribution in [0.5, 0.6) is 0 Å². The van der Waals surface area contributed by atoms with Gasteiger partial charge in [0.1, 0.15) is 0 Å². The van der Waals surface area contributed by atoms with Crippen LogP contribution in [0, 0.1) is 0 Å². The van der Waals surface area contributed by atoms with Crippen LogP contribution in [0.3, 0.4) is 0 Å². The fourth-order valence-electron chi connectivity index (χ4n) is 2.19. The molecule has 0 aliphatic carbocycles. The van der Waals surface area contributed by atoms with E-state index < -0.39 is 0 Å². The van der Waals surface area contributed by atoms with E-state index in [1.54, 1.807) is 0 Å². The van der Waals surface area contributed by atoms with Crippen molar-refractivity contribution in [3.63, 3.8) is 0 Å². The highest BCUT2D eigenvalue weighted by atomic mass is 79.9. The van der Waals surface area contributed by atoms with Crippen molar-refractivity contribution < 1.29 is 4.79 Å². The number of halogens is 1. The van der Waals surface area contributed by atoms with Crippen molar-refractivity contribution in [3.8, 4) is 0 Å². The lowest BCUT2D eigenvalue weighted by Crippen LogP contribution is -2.40. The summed E-state index contributed by atoms with van der Waals surface area (Å²) >= 11 is 3.61. The number of rotatable bonds is 6. The molecule has 0 aromatic heterocycles. The third-order valence-electron chi connectivity index (χ3n) is 3.21. The van der Waals surface area contributed by atoms with Crippen molar-refractivity contribution in [2.45, 2.75) is 63.1 Å². The van der Waals surface area contributed by atoms with Crippen LogP contribution in [0.4, 0.5) is 0 Å². The number of likely N-dealkylation sites (tertiary alicyclic amines) is 1. The number of hydrogen-bond acceptors (Lipinski definition) is 1. The van der Waals surface area contributed by atoms with Crippen LogP contribution in [0.1, 0.15) is 58.3 Å². The summed E-state index contributed by atoms with van der Waals surface area (Å²) in [6, 6.07) is 0. The SMILES string of the molecule is CCCCCCCC(=O)N1CCCC(Br)C1. The number of alkyl halides is 1. The number of piperidine rings is 1. The number of nitrogens with zero attached hydrogens (tertiary/aromatic N) is 1. The summed E-state index contributed by atoms with van der Waals surface area (Å²) in [6.45, 7) is 4.10. The second-order valence-electron chi connectivity index (χ2n) is 4.74. The molecule has 0 aromatic carbocycles. The molecule has 1 amide bonds. The van der Waals surface area contributed by atoms with E-state index in [0.29, 0.717) is 10.7 Å². The molecule has 0 bridgehead atoms. The van der Waals surface area contributed by atoms with E-state index in [1.165, 1.54) is 32.1 Å². The zero-order valence-electron chi connectivity index (χ0n) is 10.4. The van der Waals surface area contributed by atoms with Gasteiger partial charge in [-0.2, -0.15) is 0 Å². The molecule has 0 spiro atoms. The van der Waals surface area contributed by atoms with Crippen LogP contribution in [-0.4, -0.2) is 28.7 Å². The Morgan fingerprint density at radius 2 is 2.06 bits per heavy atom. The molecule has 0 radical (unpaired) electrons. The normalized spacial score (nSPS) is 21.1. The monoisotopic (exact) mass is 289 g/mol. The van der Waals surface area contributed by atoms with E-state index in [-0.39, 0.29) is 0 Å². The van der Waals surface area contributed by atoms with Gasteiger partial charge in [0.15, 0.2) is 0 Å². The number of amides is 1. The topological polar surface area (TPSA) is 20.3 Å². The summed E-state index contributed by atoms with van der Waals surface area (Å²) in [4.78, 5) is 14.4. The first kappa shape index (κ1) is 14.0. The Morgan fingerprint density at radius 1 is 1.31 bits per heavy atom. The molecule has 1 saturated heterocycles. The Hall–Kier alpha value is -0.0500. The molecular weight excluding hydrogens is 266 g/mol. The average Bonchev–Trinajstić information content (AvgIpc) is 2.28. The molecule has 1 heterocycles. The van der Waals surface area contributed by atoms with Crippen LogP contribution in [0.25, 0.3) is 0 Å². The molecule has 94 valence electrons. The summed E-state index contributed by atoms with van der Waals surface area (Å²) in [6.07, 6.45) is 9.26. The van der Waals surface area contributed by atoms with Gasteiger partial charge in [-0.05, 0) is 19.3 Å². The van der Waals surface area contributed by atoms with Crippen molar-refractivity contribution >= 4 is 21.8 Å². The maximum Gasteiger partial charge on any atom is 0.222 e. The Morgan fingerprint density at radius 3 is 2.75 bits per heavy atom. The van der Waals surface area contributed by atoms with Crippen LogP contribution >= 0.6 is 15.9 Å². The second kappa shape index (κ2) is 8.10. The van der Waals surface area contributed by atoms with Crippen molar-refractivity contribution in [1.82, 2.24) is 4.90 Å². The average molecular weight is 290 g/mol. The maximum absolute atomic E-state index is 11.9. The van der Waals surface area contributed by atoms with Gasteiger partial charge in [-0.3, -0.25) is 4.79 Å². The highest BCUT2D eigenvalue weighted by Crippen LogP contribution is 2.18. The van der Waals surface area contributed by atoms with Gasteiger partial charge < -0.3 is 4.90 Å². The van der Waals surface area contributed by atoms with Gasteiger partial charge in [-0.1, -0.05) is 48.5 Å². The lowest BCUT2D eigenvalue weighted by atomic mass is 10.1. The Balaban J connectivity index is 2.09. The van der Waals surface area contributed by atoms with Crippen molar-refractivity contribution in [2.24, 2.45) is 0 Å². The molecule has 2 nitrogen and oxygen atoms in total. The molecule has 1 fully saturated rings. The van der Waals surface area contributed by atoms with Gasteiger partial charge >= 0.3 is 0 Å². The first-order valence-corrected chi connectivity index (χ1v) is 7.57. The number of hydrogen-bond donors (Lipinski definition) is 0. The predicted octanol–water partition coefficient (Wildman–Crippen LogP) is 3.73. The van der Waals surface area contributed by atoms with E-state index in [4.69, 9.17) is 0 Å². The molecular formula is C13H24BrNO. The number of carbonyl (C=O) groups excluding carboxylic acids is 1. The molecule has 1 aliphatic heterocycles. The third-order valence-corrected chi connectivity index (χ3v) is 3.96. The molecule has 1 atom stereocenters. The van der Waals surface area contributed by atoms with Gasteiger partial charge in [0, 0.05) is 24.3 Å². The standard InChI is InChI=1S/C13H24BrNO/c1-2-3-4-5-6-9-13(16)15-10-7-8-12(14)11-15/h12H,2-11H2,1H3. The molecule has 1 unspecified atom stereocenters. The summed E-state index contributed by atoms with van der Waals surface area (Å²) in [5.41, 5.74) is 0. The van der Waals surface area contributed by atoms with Crippen LogP contribution in [-0.2, 0) is 4.79 Å². The number of unbranched alkanes of at least 4 members (excludes halogenated alkanes) is 4. The zero-order valence-corrected chi connectivity index (χ0v) is 12.0. The zero-order chi connectivity index (χ0) is 11.8. The largest absolute Gasteiger partial charge is 0.342 e. The van der Waals surface area contributed by atoms with Crippen molar-refractivity contribution in [2.75, 3.05) is 13.1 Å². The number of carbonyl (C=O) groups is 1. The minimum absolute atomic E-state index is 0.362. The van der Waals surface area contributed by atoms with E-state index in [9.17, 15) is 4.79 Å². The van der Waals surface area contributed by atoms with Gasteiger partial charge in [0.25, 0.3) is 0 Å². The van der Waals surface area contributed by atoms with Gasteiger partial charge in [-0.15, -0.1) is 0 Å². The van der Waals surface area contributed by atoms with Gasteiger partial charge in [-0.25, -0.2) is 0 Å². The summed E-state index contributed by atoms with van der Waals surface area (Å²) in [5.74, 6) is 0.362. The Bertz CT molecular complexity index is 208. The molecule has 1 aliphatic rings. The quantitative estimate of drug-likeness (QED) is 0.539. The van der Waals surface area contributed by atoms with Gasteiger partial charge in [0.05, 0.1) is 0 Å². The summed E-state index contributed by atoms with van der Waals surface area (Å²) in [5, 5.41) is 0. The minimum Gasteiger partial charge on any atom is -0.342 e. The predicted molar refractivity (Wildman–Crippen MR) is 71.9 cm³/mol. The lowest BCUT2D eigenvalue weighted by molar-refractivity contribution is -0.132. The Kier molecular flexibility index (Phi) is 7.10. The van der Waals surface area contributed by atoms with Crippen LogP contribution in [0.15, 0.2) is 0 Å². The summed E-state index contributed by atoms with van der Waals surface area (Å²) in [7, 11) is 0. The minimum atomic E-state index is 0.362. The highest BCUT2D eigenvalue weighted by Gasteiger charge is 2.20. The molecule has 16 heavy (non-hydrogen) atoms. The van der Waals surface area contributed by atoms with E-state index in [2.05, 4.69) is 22.9 Å². The van der Waals surface area contributed by atoms with E-state index >= 15 is 0 Å². The van der Waals surface area contributed by atoms with Crippen LogP contribution < -0.4 is 0 Å². The first-order valence-electron chi connectivity index (χ1n) is 6.66. The van der Waals surface area contributed by atoms with Crippen molar-refractivity contribution in [1.29, 1.82) is 0 Å². The van der Waals surface area contributed by atoms with Gasteiger partial charge in [0.2, 0.25) is 5.91 Å². The smallest absolute Gasteiger partial charge is 0.222 e. The molecule has 0 aromatic rings. The molecule has 0 N–H and O–H groups in total. The van der Waals surface area contributed by atoms with Crippen LogP contribution in [0.2, 0.25) is 0 Å². The Labute approximate surface area is 108 Å². The fraction of sp³-hybridized carbons (Fsp3) is 0.923. The second-order valence-corrected chi connectivity index (χ2v) is 6.04. The summed E-state index contributed by atoms with van der Waals surface area (Å²) < 4.78 is 0. The highest BCUT2D eigenvalue weighted by molar-refractivity contribution is 9.09. The molecule has 0 saturated carbocycles. The maximum atomic E-state index is 11.9. The lowest BCUT2D eigenvalue weighted by Gasteiger charge is -2.30. The fourth-order valence-corrected chi connectivity index (χ4v) is 2.86. The van der Waals surface area contributed by atoms with Crippen molar-refractivity contribution in [3.05, 3.63) is 0 Å². The van der Waals surface area contributed by atoms with E-state index in [0.717, 1.165) is 32.4 Å². The third kappa shape index (κ3) is 5.33. The molecule has 1 rings (SSSR count). The first-order chi connectivity index (χ1) is 7.74. The molecule has 3 heteroatoms. The van der Waals surface area contributed by atoms with E-state index in [1.807, 2.05) is 4.90 Å².